The molecule has 0 aromatic heterocycles. The van der Waals surface area contributed by atoms with E-state index >= 15 is 0 Å². The first-order valence-corrected chi connectivity index (χ1v) is 7.96. The van der Waals surface area contributed by atoms with E-state index in [1.807, 2.05) is 25.1 Å². The first-order valence-electron chi connectivity index (χ1n) is 6.81. The number of hydrogen-bond acceptors (Lipinski definition) is 4. The Morgan fingerprint density at radius 3 is 2.95 bits per heavy atom. The van der Waals surface area contributed by atoms with Crippen molar-refractivity contribution in [1.82, 2.24) is 10.6 Å². The molecule has 21 heavy (non-hydrogen) atoms. The van der Waals surface area contributed by atoms with Gasteiger partial charge in [-0.15, -0.1) is 11.8 Å². The molecule has 1 aliphatic rings. The third-order valence-electron chi connectivity index (χ3n) is 3.16. The molecular weight excluding hydrogens is 288 g/mol. The Morgan fingerprint density at radius 1 is 1.43 bits per heavy atom. The normalized spacial score (nSPS) is 18.2. The number of aryl methyl sites for hydroxylation is 1. The summed E-state index contributed by atoms with van der Waals surface area (Å²) in [6.45, 7) is 2.03. The molecule has 2 rings (SSSR count). The van der Waals surface area contributed by atoms with E-state index < -0.39 is 11.9 Å². The van der Waals surface area contributed by atoms with E-state index in [2.05, 4.69) is 16.7 Å². The van der Waals surface area contributed by atoms with E-state index in [4.69, 9.17) is 0 Å². The van der Waals surface area contributed by atoms with Gasteiger partial charge in [0.2, 0.25) is 17.7 Å². The zero-order chi connectivity index (χ0) is 15.2. The summed E-state index contributed by atoms with van der Waals surface area (Å²) in [5.74, 6) is 0.181. The quantitative estimate of drug-likeness (QED) is 0.800. The lowest BCUT2D eigenvalue weighted by molar-refractivity contribution is -0.136. The number of hydrogen-bond donors (Lipinski definition) is 2. The summed E-state index contributed by atoms with van der Waals surface area (Å²) in [5, 5.41) is 4.89. The van der Waals surface area contributed by atoms with Gasteiger partial charge in [-0.2, -0.15) is 0 Å². The largest absolute Gasteiger partial charge is 0.344 e. The van der Waals surface area contributed by atoms with Crippen LogP contribution < -0.4 is 10.6 Å². The first kappa shape index (κ1) is 15.6. The van der Waals surface area contributed by atoms with Crippen molar-refractivity contribution in [3.63, 3.8) is 0 Å². The first-order chi connectivity index (χ1) is 10.0. The Hall–Kier alpha value is -1.82. The number of nitrogens with one attached hydrogen (secondary N) is 2. The van der Waals surface area contributed by atoms with Crippen LogP contribution in [0.2, 0.25) is 0 Å². The molecule has 1 fully saturated rings. The van der Waals surface area contributed by atoms with Gasteiger partial charge in [0, 0.05) is 12.2 Å². The van der Waals surface area contributed by atoms with Crippen LogP contribution in [0.1, 0.15) is 24.0 Å². The topological polar surface area (TPSA) is 75.3 Å². The van der Waals surface area contributed by atoms with Crippen LogP contribution in [0.3, 0.4) is 0 Å². The highest BCUT2D eigenvalue weighted by Crippen LogP contribution is 2.13. The van der Waals surface area contributed by atoms with Gasteiger partial charge in [0.05, 0.1) is 5.75 Å². The van der Waals surface area contributed by atoms with Gasteiger partial charge in [-0.1, -0.05) is 29.8 Å². The van der Waals surface area contributed by atoms with Crippen LogP contribution in [0.5, 0.6) is 0 Å². The van der Waals surface area contributed by atoms with Crippen molar-refractivity contribution < 1.29 is 14.4 Å². The highest BCUT2D eigenvalue weighted by atomic mass is 32.2. The van der Waals surface area contributed by atoms with Crippen LogP contribution in [-0.2, 0) is 20.1 Å². The monoisotopic (exact) mass is 306 g/mol. The van der Waals surface area contributed by atoms with Gasteiger partial charge in [0.1, 0.15) is 6.04 Å². The van der Waals surface area contributed by atoms with E-state index in [0.29, 0.717) is 12.2 Å². The lowest BCUT2D eigenvalue weighted by atomic mass is 10.1. The number of carbonyl (C=O) groups excluding carboxylic acids is 3. The van der Waals surface area contributed by atoms with Crippen LogP contribution >= 0.6 is 11.8 Å². The third kappa shape index (κ3) is 4.90. The SMILES string of the molecule is Cc1cccc(CSCC(=O)NC2CCC(=O)NC2=O)c1. The molecule has 3 amide bonds. The maximum atomic E-state index is 11.8. The minimum Gasteiger partial charge on any atom is -0.344 e. The molecule has 1 aromatic carbocycles. The number of benzene rings is 1. The number of piperidine rings is 1. The molecule has 5 nitrogen and oxygen atoms in total. The Balaban J connectivity index is 1.72. The molecule has 1 atom stereocenters. The molecule has 0 bridgehead atoms. The standard InChI is InChI=1S/C15H18N2O3S/c1-10-3-2-4-11(7-10)8-21-9-14(19)16-12-5-6-13(18)17-15(12)20/h2-4,7,12H,5-6,8-9H2,1H3,(H,16,19)(H,17,18,20). The van der Waals surface area contributed by atoms with Crippen LogP contribution in [0, 0.1) is 6.92 Å². The fraction of sp³-hybridized carbons (Fsp3) is 0.400. The van der Waals surface area contributed by atoms with Crippen molar-refractivity contribution >= 4 is 29.5 Å². The summed E-state index contributed by atoms with van der Waals surface area (Å²) in [6.07, 6.45) is 0.645. The van der Waals surface area contributed by atoms with Crippen LogP contribution in [0.15, 0.2) is 24.3 Å². The lowest BCUT2D eigenvalue weighted by Crippen LogP contribution is -2.52. The number of rotatable bonds is 5. The average Bonchev–Trinajstić information content (AvgIpc) is 2.42. The molecule has 1 saturated heterocycles. The zero-order valence-corrected chi connectivity index (χ0v) is 12.7. The second-order valence-electron chi connectivity index (χ2n) is 5.05. The minimum atomic E-state index is -0.588. The number of carbonyl (C=O) groups is 3. The minimum absolute atomic E-state index is 0.179. The maximum absolute atomic E-state index is 11.8. The molecule has 0 aliphatic carbocycles. The molecule has 112 valence electrons. The number of amides is 3. The average molecular weight is 306 g/mol. The zero-order valence-electron chi connectivity index (χ0n) is 11.8. The Labute approximate surface area is 127 Å². The molecule has 0 radical (unpaired) electrons. The molecule has 2 N–H and O–H groups in total. The summed E-state index contributed by atoms with van der Waals surface area (Å²) in [6, 6.07) is 7.55. The van der Waals surface area contributed by atoms with Crippen LogP contribution in [0.4, 0.5) is 0 Å². The van der Waals surface area contributed by atoms with E-state index in [1.165, 1.54) is 22.9 Å². The Kier molecular flexibility index (Phi) is 5.38. The summed E-state index contributed by atoms with van der Waals surface area (Å²) < 4.78 is 0. The van der Waals surface area contributed by atoms with Crippen molar-refractivity contribution in [2.24, 2.45) is 0 Å². The Morgan fingerprint density at radius 2 is 2.24 bits per heavy atom. The van der Waals surface area contributed by atoms with Crippen molar-refractivity contribution in [2.45, 2.75) is 31.6 Å². The second-order valence-corrected chi connectivity index (χ2v) is 6.04. The molecule has 0 saturated carbocycles. The molecule has 1 heterocycles. The van der Waals surface area contributed by atoms with Crippen molar-refractivity contribution in [3.05, 3.63) is 35.4 Å². The van der Waals surface area contributed by atoms with Crippen molar-refractivity contribution in [1.29, 1.82) is 0 Å². The predicted molar refractivity (Wildman–Crippen MR) is 81.7 cm³/mol. The van der Waals surface area contributed by atoms with E-state index in [-0.39, 0.29) is 18.2 Å². The Bertz CT molecular complexity index is 560. The van der Waals surface area contributed by atoms with Gasteiger partial charge in [-0.05, 0) is 18.9 Å². The molecule has 0 spiro atoms. The maximum Gasteiger partial charge on any atom is 0.249 e. The van der Waals surface area contributed by atoms with E-state index in [0.717, 1.165) is 5.75 Å². The van der Waals surface area contributed by atoms with Gasteiger partial charge >= 0.3 is 0 Å². The van der Waals surface area contributed by atoms with Gasteiger partial charge in [0.25, 0.3) is 0 Å². The molecule has 6 heteroatoms. The van der Waals surface area contributed by atoms with E-state index in [9.17, 15) is 14.4 Å². The molecule has 1 aliphatic heterocycles. The van der Waals surface area contributed by atoms with Crippen LogP contribution in [0.25, 0.3) is 0 Å². The fourth-order valence-corrected chi connectivity index (χ4v) is 2.92. The summed E-state index contributed by atoms with van der Waals surface area (Å²) in [4.78, 5) is 34.3. The van der Waals surface area contributed by atoms with Gasteiger partial charge in [-0.3, -0.25) is 19.7 Å². The lowest BCUT2D eigenvalue weighted by Gasteiger charge is -2.21. The second kappa shape index (κ2) is 7.26. The number of thioether (sulfide) groups is 1. The molecular formula is C15H18N2O3S. The van der Waals surface area contributed by atoms with Crippen molar-refractivity contribution in [3.8, 4) is 0 Å². The molecule has 1 aromatic rings. The summed E-state index contributed by atoms with van der Waals surface area (Å²) in [5.41, 5.74) is 2.37. The highest BCUT2D eigenvalue weighted by molar-refractivity contribution is 7.99. The van der Waals surface area contributed by atoms with Crippen LogP contribution in [-0.4, -0.2) is 29.5 Å². The van der Waals surface area contributed by atoms with Gasteiger partial charge in [-0.25, -0.2) is 0 Å². The van der Waals surface area contributed by atoms with Gasteiger partial charge < -0.3 is 5.32 Å². The van der Waals surface area contributed by atoms with E-state index in [1.54, 1.807) is 0 Å². The summed E-state index contributed by atoms with van der Waals surface area (Å²) in [7, 11) is 0. The predicted octanol–water partition coefficient (Wildman–Crippen LogP) is 1.15. The summed E-state index contributed by atoms with van der Waals surface area (Å²) >= 11 is 1.50. The third-order valence-corrected chi connectivity index (χ3v) is 4.16. The van der Waals surface area contributed by atoms with Gasteiger partial charge in [0.15, 0.2) is 0 Å². The van der Waals surface area contributed by atoms with Crippen molar-refractivity contribution in [2.75, 3.05) is 5.75 Å². The fourth-order valence-electron chi connectivity index (χ4n) is 2.13. The molecule has 1 unspecified atom stereocenters. The smallest absolute Gasteiger partial charge is 0.249 e. The highest BCUT2D eigenvalue weighted by Gasteiger charge is 2.27. The number of imide groups is 1.